The molecule has 79 heavy (non-hydrogen) atoms. The van der Waals surface area contributed by atoms with Crippen molar-refractivity contribution in [1.82, 2.24) is 0 Å². The van der Waals surface area contributed by atoms with Crippen LogP contribution in [0.3, 0.4) is 0 Å². The maximum atomic E-state index is 12.9. The molecular formula is C60H45F9IrO6P3. The van der Waals surface area contributed by atoms with Crippen LogP contribution in [0.1, 0.15) is 50.1 Å². The van der Waals surface area contributed by atoms with Gasteiger partial charge in [0.25, 0.3) is 0 Å². The third kappa shape index (κ3) is 16.1. The fraction of sp³-hybridized carbons (Fsp3) is 0.100. The third-order valence-corrected chi connectivity index (χ3v) is 18.3. The standard InChI is InChI=1S/3C20H16F3O2P.Ir/c3*21-20(22,23)17-9-6-7-15(14-17)13-16-8-4-5-12-19(16)26(24,25)18-10-2-1-3-11-18;/h3*1-12,14H,13H2,(H,24,25);/q;;;+3/p-3. The molecule has 3 unspecified atom stereocenters. The van der Waals surface area contributed by atoms with Crippen LogP contribution in [0.4, 0.5) is 39.5 Å². The summed E-state index contributed by atoms with van der Waals surface area (Å²) in [5, 5.41) is 0.917. The largest absolute Gasteiger partial charge is 3.00 e. The molecule has 0 radical (unpaired) electrons. The van der Waals surface area contributed by atoms with Crippen LogP contribution in [0.2, 0.25) is 0 Å². The summed E-state index contributed by atoms with van der Waals surface area (Å²) in [5.74, 6) is 0. The number of benzene rings is 9. The second-order valence-electron chi connectivity index (χ2n) is 17.7. The van der Waals surface area contributed by atoms with Gasteiger partial charge in [-0.15, -0.1) is 0 Å². The molecule has 0 N–H and O–H groups in total. The Kier molecular flexibility index (Phi) is 20.5. The van der Waals surface area contributed by atoms with E-state index in [1.165, 1.54) is 72.8 Å². The van der Waals surface area contributed by atoms with Crippen molar-refractivity contribution in [3.8, 4) is 0 Å². The maximum Gasteiger partial charge on any atom is 3.00 e. The Hall–Kier alpha value is -6.43. The van der Waals surface area contributed by atoms with Crippen molar-refractivity contribution >= 4 is 53.9 Å². The quantitative estimate of drug-likeness (QED) is 0.0887. The molecule has 0 saturated heterocycles. The van der Waals surface area contributed by atoms with Crippen LogP contribution >= 0.6 is 22.1 Å². The molecule has 0 fully saturated rings. The Morgan fingerprint density at radius 2 is 0.506 bits per heavy atom. The van der Waals surface area contributed by atoms with Gasteiger partial charge in [-0.2, -0.15) is 39.5 Å². The molecule has 9 aromatic carbocycles. The number of alkyl halides is 9. The Bertz CT molecular complexity index is 3240. The van der Waals surface area contributed by atoms with E-state index in [2.05, 4.69) is 0 Å². The van der Waals surface area contributed by atoms with Crippen molar-refractivity contribution < 1.29 is 88.0 Å². The molecule has 0 amide bonds. The Labute approximate surface area is 464 Å². The molecular weight excluding hydrogens is 1270 g/mol. The van der Waals surface area contributed by atoms with E-state index in [-0.39, 0.29) is 71.2 Å². The zero-order valence-corrected chi connectivity index (χ0v) is 46.2. The Balaban J connectivity index is 0.000000190. The molecule has 0 aromatic heterocycles. The topological polar surface area (TPSA) is 120 Å². The molecule has 0 spiro atoms. The van der Waals surface area contributed by atoms with Crippen molar-refractivity contribution in [2.45, 2.75) is 37.8 Å². The number of rotatable bonds is 12. The van der Waals surface area contributed by atoms with Gasteiger partial charge in [0.1, 0.15) is 0 Å². The van der Waals surface area contributed by atoms with Gasteiger partial charge in [-0.1, -0.05) is 218 Å². The second-order valence-corrected chi connectivity index (χ2v) is 24.0. The minimum atomic E-state index is -4.44. The summed E-state index contributed by atoms with van der Waals surface area (Å²) in [6.07, 6.45) is -13.0. The molecule has 408 valence electrons. The molecule has 9 rings (SSSR count). The Morgan fingerprint density at radius 3 is 0.734 bits per heavy atom. The van der Waals surface area contributed by atoms with Crippen molar-refractivity contribution in [1.29, 1.82) is 0 Å². The summed E-state index contributed by atoms with van der Waals surface area (Å²) in [6.45, 7) is 0. The first kappa shape index (κ1) is 61.8. The predicted octanol–water partition coefficient (Wildman–Crippen LogP) is 11.7. The predicted molar refractivity (Wildman–Crippen MR) is 282 cm³/mol. The molecule has 0 aliphatic heterocycles. The summed E-state index contributed by atoms with van der Waals surface area (Å²) in [5.41, 5.74) is 0.362. The van der Waals surface area contributed by atoms with Crippen LogP contribution in [-0.4, -0.2) is 0 Å². The molecule has 0 aliphatic carbocycles. The normalized spacial score (nSPS) is 13.8. The first-order valence-corrected chi connectivity index (χ1v) is 28.6. The molecule has 9 aromatic rings. The van der Waals surface area contributed by atoms with Crippen molar-refractivity contribution in [2.24, 2.45) is 0 Å². The van der Waals surface area contributed by atoms with Crippen molar-refractivity contribution in [2.75, 3.05) is 0 Å². The van der Waals surface area contributed by atoms with E-state index >= 15 is 0 Å². The maximum absolute atomic E-state index is 12.9. The summed E-state index contributed by atoms with van der Waals surface area (Å²) < 4.78 is 155. The minimum Gasteiger partial charge on any atom is -0.793 e. The second kappa shape index (κ2) is 26.2. The van der Waals surface area contributed by atoms with Gasteiger partial charge in [0, 0.05) is 31.8 Å². The van der Waals surface area contributed by atoms with Crippen LogP contribution in [0.15, 0.2) is 237 Å². The summed E-state index contributed by atoms with van der Waals surface area (Å²) >= 11 is 0. The van der Waals surface area contributed by atoms with Gasteiger partial charge in [-0.25, -0.2) is 0 Å². The van der Waals surface area contributed by atoms with E-state index in [1.807, 2.05) is 0 Å². The van der Waals surface area contributed by atoms with Gasteiger partial charge in [0.15, 0.2) is 0 Å². The van der Waals surface area contributed by atoms with E-state index in [0.717, 1.165) is 36.4 Å². The molecule has 0 aliphatic rings. The fourth-order valence-electron chi connectivity index (χ4n) is 8.37. The summed E-state index contributed by atoms with van der Waals surface area (Å²) in [7, 11) is -12.3. The van der Waals surface area contributed by atoms with Crippen LogP contribution < -0.4 is 46.5 Å². The number of hydrogen-bond donors (Lipinski definition) is 0. The smallest absolute Gasteiger partial charge is 0.793 e. The molecule has 0 bridgehead atoms. The average molecular weight is 1320 g/mol. The van der Waals surface area contributed by atoms with Gasteiger partial charge in [0.05, 0.1) is 38.8 Å². The molecule has 19 heteroatoms. The summed E-state index contributed by atoms with van der Waals surface area (Å²) in [6, 6.07) is 58.0. The monoisotopic (exact) mass is 1320 g/mol. The average Bonchev–Trinajstić information content (AvgIpc) is 3.52. The van der Waals surface area contributed by atoms with Gasteiger partial charge in [-0.05, 0) is 70.8 Å². The van der Waals surface area contributed by atoms with Crippen molar-refractivity contribution in [3.05, 3.63) is 287 Å². The molecule has 3 atom stereocenters. The van der Waals surface area contributed by atoms with E-state index in [0.29, 0.717) is 33.4 Å². The van der Waals surface area contributed by atoms with Crippen LogP contribution in [-0.2, 0) is 71.6 Å². The molecule has 0 heterocycles. The number of hydrogen-bond acceptors (Lipinski definition) is 6. The van der Waals surface area contributed by atoms with E-state index in [1.54, 1.807) is 127 Å². The van der Waals surface area contributed by atoms with Gasteiger partial charge < -0.3 is 28.4 Å². The van der Waals surface area contributed by atoms with E-state index < -0.39 is 57.3 Å². The van der Waals surface area contributed by atoms with Crippen molar-refractivity contribution in [3.63, 3.8) is 0 Å². The molecule has 0 saturated carbocycles. The van der Waals surface area contributed by atoms with Gasteiger partial charge in [-0.3, -0.25) is 0 Å². The number of halogens is 9. The van der Waals surface area contributed by atoms with Crippen LogP contribution in [0, 0.1) is 0 Å². The third-order valence-electron chi connectivity index (χ3n) is 12.2. The molecule has 6 nitrogen and oxygen atoms in total. The van der Waals surface area contributed by atoms with Crippen LogP contribution in [0.25, 0.3) is 0 Å². The zero-order chi connectivity index (χ0) is 56.4. The zero-order valence-electron chi connectivity index (χ0n) is 41.2. The van der Waals surface area contributed by atoms with Crippen LogP contribution in [0.5, 0.6) is 0 Å². The van der Waals surface area contributed by atoms with E-state index in [4.69, 9.17) is 0 Å². The van der Waals surface area contributed by atoms with Gasteiger partial charge >= 0.3 is 38.6 Å². The summed E-state index contributed by atoms with van der Waals surface area (Å²) in [4.78, 5) is 38.8. The van der Waals surface area contributed by atoms with Gasteiger partial charge in [0.2, 0.25) is 0 Å². The first-order valence-electron chi connectivity index (χ1n) is 23.7. The first-order chi connectivity index (χ1) is 36.8. The minimum absolute atomic E-state index is 0. The Morgan fingerprint density at radius 1 is 0.291 bits per heavy atom. The SMILES string of the molecule is O=P([O-])(c1ccccc1)c1ccccc1Cc1cccc(C(F)(F)F)c1.O=P([O-])(c1ccccc1)c1ccccc1Cc1cccc(C(F)(F)F)c1.O=P([O-])(c1ccccc1)c1ccccc1Cc1cccc(C(F)(F)F)c1.[Ir+3]. The van der Waals surface area contributed by atoms with E-state index in [9.17, 15) is 67.9 Å². The fourth-order valence-corrected chi connectivity index (χ4v) is 13.3.